The summed E-state index contributed by atoms with van der Waals surface area (Å²) in [6, 6.07) is 9.32. The van der Waals surface area contributed by atoms with E-state index in [0.29, 0.717) is 40.8 Å². The molecule has 0 radical (unpaired) electrons. The maximum atomic E-state index is 12.3. The Kier molecular flexibility index (Phi) is 5.15. The van der Waals surface area contributed by atoms with E-state index in [1.807, 2.05) is 0 Å². The summed E-state index contributed by atoms with van der Waals surface area (Å²) in [5.74, 6) is 1.84. The van der Waals surface area contributed by atoms with E-state index in [9.17, 15) is 9.90 Å². The van der Waals surface area contributed by atoms with Gasteiger partial charge in [0.15, 0.2) is 0 Å². The number of alkyl halides is 1. The molecular weight excluding hydrogens is 448 g/mol. The molecule has 1 aromatic carbocycles. The fraction of sp³-hybridized carbons (Fsp3) is 0.679. The Labute approximate surface area is 196 Å². The van der Waals surface area contributed by atoms with Crippen molar-refractivity contribution in [1.82, 2.24) is 0 Å². The van der Waals surface area contributed by atoms with E-state index in [-0.39, 0.29) is 11.2 Å². The number of carbonyl (C=O) groups excluding carboxylic acids is 1. The third-order valence-corrected chi connectivity index (χ3v) is 9.82. The fourth-order valence-corrected chi connectivity index (χ4v) is 8.75. The van der Waals surface area contributed by atoms with Crippen LogP contribution in [0.4, 0.5) is 0 Å². The molecule has 3 heteroatoms. The molecule has 5 rings (SSSR count). The minimum absolute atomic E-state index is 0.149. The van der Waals surface area contributed by atoms with Gasteiger partial charge in [0.05, 0.1) is 5.60 Å². The SMILES string of the molecule is CC(C)(C)c1ccc([C@H]2C[C@]3(C)C[C@H](Br)C[C@H]3[C@@H]3CC[C@@]4(O)CC(=O)CCC4=C32)cc1. The first-order chi connectivity index (χ1) is 14.5. The Morgan fingerprint density at radius 2 is 1.81 bits per heavy atom. The first-order valence-corrected chi connectivity index (χ1v) is 13.1. The summed E-state index contributed by atoms with van der Waals surface area (Å²) in [6.45, 7) is 9.32. The van der Waals surface area contributed by atoms with Crippen molar-refractivity contribution < 1.29 is 9.90 Å². The third kappa shape index (κ3) is 3.59. The Bertz CT molecular complexity index is 923. The van der Waals surface area contributed by atoms with Crippen molar-refractivity contribution in [1.29, 1.82) is 0 Å². The molecule has 6 atom stereocenters. The highest BCUT2D eigenvalue weighted by molar-refractivity contribution is 9.09. The molecule has 31 heavy (non-hydrogen) atoms. The summed E-state index contributed by atoms with van der Waals surface area (Å²) in [5, 5.41) is 11.6. The van der Waals surface area contributed by atoms with E-state index in [1.165, 1.54) is 35.1 Å². The zero-order valence-corrected chi connectivity index (χ0v) is 21.1. The standard InChI is InChI=1S/C28H37BrO2/c1-26(2,3)18-7-5-17(6-8-18)22-16-27(4)14-19(29)13-24(27)21-11-12-28(31)15-20(30)9-10-23(28)25(21)22/h5-8,19,21-22,24,31H,9-16H2,1-4H3/t19-,21+,22-,24+,27+,28-/m1/s1. The van der Waals surface area contributed by atoms with Crippen LogP contribution in [0, 0.1) is 17.3 Å². The number of fused-ring (bicyclic) bond motifs is 4. The predicted octanol–water partition coefficient (Wildman–Crippen LogP) is 6.84. The lowest BCUT2D eigenvalue weighted by molar-refractivity contribution is -0.125. The number of allylic oxidation sites excluding steroid dienone is 1. The highest BCUT2D eigenvalue weighted by Gasteiger charge is 2.57. The second kappa shape index (κ2) is 7.29. The Morgan fingerprint density at radius 1 is 1.10 bits per heavy atom. The van der Waals surface area contributed by atoms with Gasteiger partial charge in [0.2, 0.25) is 0 Å². The van der Waals surface area contributed by atoms with Crippen molar-refractivity contribution in [3.63, 3.8) is 0 Å². The lowest BCUT2D eigenvalue weighted by atomic mass is 9.52. The van der Waals surface area contributed by atoms with Crippen molar-refractivity contribution >= 4 is 21.7 Å². The number of hydrogen-bond acceptors (Lipinski definition) is 2. The molecule has 0 bridgehead atoms. The van der Waals surface area contributed by atoms with Gasteiger partial charge < -0.3 is 5.11 Å². The van der Waals surface area contributed by atoms with Gasteiger partial charge in [-0.3, -0.25) is 4.79 Å². The smallest absolute Gasteiger partial charge is 0.136 e. The Morgan fingerprint density at radius 3 is 2.48 bits per heavy atom. The second-order valence-corrected chi connectivity index (χ2v) is 13.5. The molecule has 2 nitrogen and oxygen atoms in total. The topological polar surface area (TPSA) is 37.3 Å². The zero-order chi connectivity index (χ0) is 22.2. The van der Waals surface area contributed by atoms with Gasteiger partial charge in [0.1, 0.15) is 5.78 Å². The maximum absolute atomic E-state index is 12.3. The first-order valence-electron chi connectivity index (χ1n) is 12.2. The summed E-state index contributed by atoms with van der Waals surface area (Å²) >= 11 is 3.97. The summed E-state index contributed by atoms with van der Waals surface area (Å²) < 4.78 is 0. The van der Waals surface area contributed by atoms with Crippen LogP contribution >= 0.6 is 15.9 Å². The molecule has 1 aromatic rings. The molecule has 0 amide bonds. The maximum Gasteiger partial charge on any atom is 0.136 e. The molecule has 0 aliphatic heterocycles. The number of aliphatic hydroxyl groups is 1. The van der Waals surface area contributed by atoms with Crippen LogP contribution in [-0.4, -0.2) is 21.3 Å². The average molecular weight is 486 g/mol. The van der Waals surface area contributed by atoms with Crippen molar-refractivity contribution in [2.45, 2.75) is 101 Å². The number of rotatable bonds is 1. The van der Waals surface area contributed by atoms with Crippen LogP contribution in [-0.2, 0) is 10.2 Å². The number of hydrogen-bond donors (Lipinski definition) is 1. The Hall–Kier alpha value is -0.930. The van der Waals surface area contributed by atoms with Gasteiger partial charge in [-0.1, -0.05) is 73.5 Å². The van der Waals surface area contributed by atoms with Crippen LogP contribution in [0.3, 0.4) is 0 Å². The molecule has 0 heterocycles. The molecule has 0 aromatic heterocycles. The summed E-state index contributed by atoms with van der Waals surface area (Å²) in [7, 11) is 0. The second-order valence-electron chi connectivity index (χ2n) is 12.3. The van der Waals surface area contributed by atoms with Gasteiger partial charge in [0.25, 0.3) is 0 Å². The molecule has 3 fully saturated rings. The van der Waals surface area contributed by atoms with E-state index < -0.39 is 5.60 Å². The predicted molar refractivity (Wildman–Crippen MR) is 130 cm³/mol. The van der Waals surface area contributed by atoms with Crippen molar-refractivity contribution in [3.8, 4) is 0 Å². The average Bonchev–Trinajstić information content (AvgIpc) is 2.99. The first kappa shape index (κ1) is 21.9. The van der Waals surface area contributed by atoms with E-state index in [2.05, 4.69) is 67.9 Å². The molecule has 0 spiro atoms. The molecule has 4 aliphatic carbocycles. The number of halogens is 1. The molecular formula is C28H37BrO2. The molecule has 1 N–H and O–H groups in total. The van der Waals surface area contributed by atoms with Crippen LogP contribution in [0.5, 0.6) is 0 Å². The quantitative estimate of drug-likeness (QED) is 0.349. The minimum atomic E-state index is -0.884. The third-order valence-electron chi connectivity index (χ3n) is 9.13. The normalized spacial score (nSPS) is 40.4. The minimum Gasteiger partial charge on any atom is -0.385 e. The summed E-state index contributed by atoms with van der Waals surface area (Å²) in [4.78, 5) is 12.9. The fourth-order valence-electron chi connectivity index (χ4n) is 7.61. The van der Waals surface area contributed by atoms with Crippen molar-refractivity contribution in [2.24, 2.45) is 17.3 Å². The zero-order valence-electron chi connectivity index (χ0n) is 19.5. The monoisotopic (exact) mass is 484 g/mol. The molecule has 0 saturated heterocycles. The number of benzene rings is 1. The van der Waals surface area contributed by atoms with Crippen molar-refractivity contribution in [3.05, 3.63) is 46.5 Å². The number of carbonyl (C=O) groups is 1. The van der Waals surface area contributed by atoms with E-state index >= 15 is 0 Å². The highest BCUT2D eigenvalue weighted by Crippen LogP contribution is 2.65. The molecule has 4 aliphatic rings. The van der Waals surface area contributed by atoms with Gasteiger partial charge in [-0.15, -0.1) is 0 Å². The van der Waals surface area contributed by atoms with Crippen LogP contribution in [0.1, 0.15) is 96.1 Å². The van der Waals surface area contributed by atoms with Crippen LogP contribution in [0.15, 0.2) is 35.4 Å². The largest absolute Gasteiger partial charge is 0.385 e. The van der Waals surface area contributed by atoms with Gasteiger partial charge in [-0.25, -0.2) is 0 Å². The number of Topliss-reactive ketones (excluding diaryl/α,β-unsaturated/α-hetero) is 1. The van der Waals surface area contributed by atoms with Crippen LogP contribution in [0.25, 0.3) is 0 Å². The van der Waals surface area contributed by atoms with Gasteiger partial charge in [-0.2, -0.15) is 0 Å². The lowest BCUT2D eigenvalue weighted by Gasteiger charge is -2.54. The van der Waals surface area contributed by atoms with Gasteiger partial charge in [0, 0.05) is 23.6 Å². The van der Waals surface area contributed by atoms with E-state index in [1.54, 1.807) is 0 Å². The number of ketones is 1. The Balaban J connectivity index is 1.63. The molecule has 0 unspecified atom stereocenters. The van der Waals surface area contributed by atoms with Gasteiger partial charge in [-0.05, 0) is 77.9 Å². The van der Waals surface area contributed by atoms with Crippen LogP contribution < -0.4 is 0 Å². The van der Waals surface area contributed by atoms with E-state index in [0.717, 1.165) is 25.7 Å². The van der Waals surface area contributed by atoms with Gasteiger partial charge >= 0.3 is 0 Å². The summed E-state index contributed by atoms with van der Waals surface area (Å²) in [5.41, 5.74) is 5.15. The van der Waals surface area contributed by atoms with E-state index in [4.69, 9.17) is 0 Å². The van der Waals surface area contributed by atoms with Crippen LogP contribution in [0.2, 0.25) is 0 Å². The lowest BCUT2D eigenvalue weighted by Crippen LogP contribution is -2.48. The molecule has 168 valence electrons. The van der Waals surface area contributed by atoms with Crippen molar-refractivity contribution in [2.75, 3.05) is 0 Å². The highest BCUT2D eigenvalue weighted by atomic mass is 79.9. The summed E-state index contributed by atoms with van der Waals surface area (Å²) in [6.07, 6.45) is 7.13. The molecule has 3 saturated carbocycles.